The van der Waals surface area contributed by atoms with Crippen LogP contribution >= 0.6 is 11.6 Å². The van der Waals surface area contributed by atoms with Crippen LogP contribution in [-0.2, 0) is 4.79 Å². The largest absolute Gasteiger partial charge is 0.352 e. The fourth-order valence-corrected chi connectivity index (χ4v) is 3.48. The van der Waals surface area contributed by atoms with Gasteiger partial charge in [-0.05, 0) is 36.8 Å². The molecule has 0 aliphatic heterocycles. The molecule has 0 heterocycles. The van der Waals surface area contributed by atoms with Crippen molar-refractivity contribution < 1.29 is 9.59 Å². The minimum atomic E-state index is -0.564. The van der Waals surface area contributed by atoms with Crippen molar-refractivity contribution in [2.75, 3.05) is 0 Å². The van der Waals surface area contributed by atoms with Crippen molar-refractivity contribution in [3.63, 3.8) is 0 Å². The van der Waals surface area contributed by atoms with Gasteiger partial charge >= 0.3 is 0 Å². The van der Waals surface area contributed by atoms with Crippen LogP contribution in [0.2, 0.25) is 5.02 Å². The van der Waals surface area contributed by atoms with Gasteiger partial charge in [0.2, 0.25) is 5.91 Å². The third kappa shape index (κ3) is 4.97. The first-order valence-electron chi connectivity index (χ1n) is 8.74. The van der Waals surface area contributed by atoms with Gasteiger partial charge in [0.15, 0.2) is 0 Å². The Bertz CT molecular complexity index is 588. The Hall–Kier alpha value is -1.55. The molecule has 3 unspecified atom stereocenters. The lowest BCUT2D eigenvalue weighted by molar-refractivity contribution is -0.125. The van der Waals surface area contributed by atoms with Crippen LogP contribution in [-0.4, -0.2) is 23.9 Å². The van der Waals surface area contributed by atoms with Crippen molar-refractivity contribution in [1.82, 2.24) is 10.6 Å². The zero-order valence-corrected chi connectivity index (χ0v) is 15.4. The zero-order chi connectivity index (χ0) is 17.7. The molecule has 1 aliphatic rings. The number of carbonyl (C=O) groups is 2. The van der Waals surface area contributed by atoms with Crippen LogP contribution in [0.5, 0.6) is 0 Å². The summed E-state index contributed by atoms with van der Waals surface area (Å²) in [6.07, 6.45) is 4.39. The van der Waals surface area contributed by atoms with E-state index < -0.39 is 6.04 Å². The molecular weight excluding hydrogens is 324 g/mol. The summed E-state index contributed by atoms with van der Waals surface area (Å²) in [4.78, 5) is 25.1. The number of halogens is 1. The van der Waals surface area contributed by atoms with Gasteiger partial charge in [0.25, 0.3) is 5.91 Å². The molecular formula is C19H27ClN2O2. The van der Waals surface area contributed by atoms with E-state index in [4.69, 9.17) is 11.6 Å². The Labute approximate surface area is 149 Å². The van der Waals surface area contributed by atoms with E-state index in [-0.39, 0.29) is 23.8 Å². The first-order valence-corrected chi connectivity index (χ1v) is 9.12. The molecule has 1 saturated carbocycles. The summed E-state index contributed by atoms with van der Waals surface area (Å²) in [5.74, 6) is 0.215. The third-order valence-electron chi connectivity index (χ3n) is 4.64. The molecule has 1 aromatic rings. The first-order chi connectivity index (χ1) is 11.4. The summed E-state index contributed by atoms with van der Waals surface area (Å²) in [5, 5.41) is 6.34. The Balaban J connectivity index is 2.02. The SMILES string of the molecule is CC1CCCC(NC(=O)C(NC(=O)c2ccccc2Cl)C(C)C)C1. The molecule has 1 aromatic carbocycles. The molecule has 0 saturated heterocycles. The summed E-state index contributed by atoms with van der Waals surface area (Å²) in [6.45, 7) is 6.08. The Morgan fingerprint density at radius 1 is 1.21 bits per heavy atom. The second kappa shape index (κ2) is 8.52. The van der Waals surface area contributed by atoms with E-state index in [0.29, 0.717) is 16.5 Å². The fraction of sp³-hybridized carbons (Fsp3) is 0.579. The predicted octanol–water partition coefficient (Wildman–Crippen LogP) is 3.79. The maximum absolute atomic E-state index is 12.7. The van der Waals surface area contributed by atoms with Crippen LogP contribution in [0.25, 0.3) is 0 Å². The standard InChI is InChI=1S/C19H27ClN2O2/c1-12(2)17(19(24)21-14-8-6-7-13(3)11-14)22-18(23)15-9-4-5-10-16(15)20/h4-5,9-10,12-14,17H,6-8,11H2,1-3H3,(H,21,24)(H,22,23). The van der Waals surface area contributed by atoms with Crippen LogP contribution in [0, 0.1) is 11.8 Å². The fourth-order valence-electron chi connectivity index (χ4n) is 3.26. The van der Waals surface area contributed by atoms with E-state index in [1.807, 2.05) is 13.8 Å². The molecule has 2 N–H and O–H groups in total. The van der Waals surface area contributed by atoms with Crippen LogP contribution in [0.3, 0.4) is 0 Å². The lowest BCUT2D eigenvalue weighted by Crippen LogP contribution is -2.52. The van der Waals surface area contributed by atoms with Crippen LogP contribution in [0.1, 0.15) is 56.8 Å². The van der Waals surface area contributed by atoms with E-state index >= 15 is 0 Å². The molecule has 1 fully saturated rings. The van der Waals surface area contributed by atoms with Gasteiger partial charge in [-0.1, -0.05) is 57.3 Å². The number of nitrogens with one attached hydrogen (secondary N) is 2. The van der Waals surface area contributed by atoms with Crippen LogP contribution in [0.15, 0.2) is 24.3 Å². The van der Waals surface area contributed by atoms with E-state index in [1.165, 1.54) is 6.42 Å². The molecule has 0 radical (unpaired) electrons. The van der Waals surface area contributed by atoms with Gasteiger partial charge < -0.3 is 10.6 Å². The highest BCUT2D eigenvalue weighted by molar-refractivity contribution is 6.33. The van der Waals surface area contributed by atoms with E-state index in [2.05, 4.69) is 17.6 Å². The summed E-state index contributed by atoms with van der Waals surface area (Å²) in [7, 11) is 0. The normalized spacial score (nSPS) is 22.0. The average Bonchev–Trinajstić information content (AvgIpc) is 2.52. The van der Waals surface area contributed by atoms with Crippen molar-refractivity contribution in [2.24, 2.45) is 11.8 Å². The average molecular weight is 351 g/mol. The van der Waals surface area contributed by atoms with Gasteiger partial charge in [0, 0.05) is 6.04 Å². The lowest BCUT2D eigenvalue weighted by atomic mass is 9.87. The van der Waals surface area contributed by atoms with Crippen LogP contribution < -0.4 is 10.6 Å². The van der Waals surface area contributed by atoms with Crippen molar-refractivity contribution in [3.8, 4) is 0 Å². The highest BCUT2D eigenvalue weighted by Crippen LogP contribution is 2.23. The van der Waals surface area contributed by atoms with Gasteiger partial charge in [-0.15, -0.1) is 0 Å². The Morgan fingerprint density at radius 2 is 1.92 bits per heavy atom. The second-order valence-corrected chi connectivity index (χ2v) is 7.56. The van der Waals surface area contributed by atoms with Gasteiger partial charge in [-0.3, -0.25) is 9.59 Å². The molecule has 3 atom stereocenters. The summed E-state index contributed by atoms with van der Waals surface area (Å²) in [5.41, 5.74) is 0.393. The minimum Gasteiger partial charge on any atom is -0.352 e. The number of hydrogen-bond acceptors (Lipinski definition) is 2. The number of rotatable bonds is 5. The maximum Gasteiger partial charge on any atom is 0.253 e. The quantitative estimate of drug-likeness (QED) is 0.848. The molecule has 132 valence electrons. The van der Waals surface area contributed by atoms with Crippen molar-refractivity contribution in [3.05, 3.63) is 34.9 Å². The van der Waals surface area contributed by atoms with Crippen molar-refractivity contribution >= 4 is 23.4 Å². The molecule has 2 amide bonds. The van der Waals surface area contributed by atoms with E-state index in [0.717, 1.165) is 19.3 Å². The summed E-state index contributed by atoms with van der Waals surface area (Å²) < 4.78 is 0. The monoisotopic (exact) mass is 350 g/mol. The molecule has 24 heavy (non-hydrogen) atoms. The Morgan fingerprint density at radius 3 is 2.54 bits per heavy atom. The maximum atomic E-state index is 12.7. The van der Waals surface area contributed by atoms with Gasteiger partial charge in [-0.25, -0.2) is 0 Å². The van der Waals surface area contributed by atoms with Gasteiger partial charge in [-0.2, -0.15) is 0 Å². The first kappa shape index (κ1) is 18.8. The van der Waals surface area contributed by atoms with Gasteiger partial charge in [0.1, 0.15) is 6.04 Å². The predicted molar refractivity (Wildman–Crippen MR) is 97.1 cm³/mol. The number of hydrogen-bond donors (Lipinski definition) is 2. The molecule has 0 bridgehead atoms. The number of amides is 2. The van der Waals surface area contributed by atoms with Crippen molar-refractivity contribution in [1.29, 1.82) is 0 Å². The molecule has 4 nitrogen and oxygen atoms in total. The molecule has 0 spiro atoms. The number of carbonyl (C=O) groups excluding carboxylic acids is 2. The van der Waals surface area contributed by atoms with E-state index in [1.54, 1.807) is 24.3 Å². The molecule has 0 aromatic heterocycles. The van der Waals surface area contributed by atoms with E-state index in [9.17, 15) is 9.59 Å². The molecule has 5 heteroatoms. The smallest absolute Gasteiger partial charge is 0.253 e. The highest BCUT2D eigenvalue weighted by atomic mass is 35.5. The zero-order valence-electron chi connectivity index (χ0n) is 14.6. The molecule has 2 rings (SSSR count). The third-order valence-corrected chi connectivity index (χ3v) is 4.97. The summed E-state index contributed by atoms with van der Waals surface area (Å²) in [6, 6.07) is 6.51. The lowest BCUT2D eigenvalue weighted by Gasteiger charge is -2.30. The van der Waals surface area contributed by atoms with Crippen molar-refractivity contribution in [2.45, 2.75) is 58.5 Å². The number of benzene rings is 1. The highest BCUT2D eigenvalue weighted by Gasteiger charge is 2.28. The molecule has 1 aliphatic carbocycles. The van der Waals surface area contributed by atoms with Crippen LogP contribution in [0.4, 0.5) is 0 Å². The Kier molecular flexibility index (Phi) is 6.67. The second-order valence-electron chi connectivity index (χ2n) is 7.15. The topological polar surface area (TPSA) is 58.2 Å². The van der Waals surface area contributed by atoms with Gasteiger partial charge in [0.05, 0.1) is 10.6 Å². The summed E-state index contributed by atoms with van der Waals surface area (Å²) >= 11 is 6.07. The minimum absolute atomic E-state index is 0.00236.